The third-order valence-corrected chi connectivity index (χ3v) is 1.57. The Morgan fingerprint density at radius 1 is 1.43 bits per heavy atom. The Balaban J connectivity index is 2.87. The van der Waals surface area contributed by atoms with E-state index in [-0.39, 0.29) is 11.5 Å². The Labute approximate surface area is 85.1 Å². The lowest BCUT2D eigenvalue weighted by atomic mass is 10.2. The van der Waals surface area contributed by atoms with Crippen LogP contribution in [0.5, 0.6) is 0 Å². The van der Waals surface area contributed by atoms with Crippen LogP contribution in [0, 0.1) is 5.82 Å². The first-order valence-corrected chi connectivity index (χ1v) is 4.04. The topological polar surface area (TPSA) is 76.8 Å². The van der Waals surface area contributed by atoms with Gasteiger partial charge in [0.2, 0.25) is 5.96 Å². The Morgan fingerprint density at radius 2 is 2.14 bits per heavy atom. The molecule has 0 aliphatic carbocycles. The predicted molar refractivity (Wildman–Crippen MR) is 54.8 cm³/mol. The van der Waals surface area contributed by atoms with Crippen molar-refractivity contribution in [3.05, 3.63) is 34.6 Å². The molecule has 74 valence electrons. The molecule has 1 rings (SSSR count). The molecule has 0 bridgehead atoms. The maximum atomic E-state index is 13.1. The number of hydrogen-bond donors (Lipinski definition) is 2. The van der Waals surface area contributed by atoms with Crippen LogP contribution in [0.15, 0.2) is 28.4 Å². The van der Waals surface area contributed by atoms with Gasteiger partial charge in [-0.15, -0.1) is 5.10 Å². The lowest BCUT2D eigenvalue weighted by Crippen LogP contribution is -2.21. The summed E-state index contributed by atoms with van der Waals surface area (Å²) in [6, 6.07) is 4.20. The van der Waals surface area contributed by atoms with Crippen LogP contribution >= 0.6 is 11.6 Å². The van der Waals surface area contributed by atoms with Crippen molar-refractivity contribution < 1.29 is 4.39 Å². The van der Waals surface area contributed by atoms with Crippen molar-refractivity contribution in [3.8, 4) is 0 Å². The molecule has 0 unspecified atom stereocenters. The summed E-state index contributed by atoms with van der Waals surface area (Å²) in [6.45, 7) is 0. The molecule has 1 aromatic carbocycles. The molecule has 0 radical (unpaired) electrons. The van der Waals surface area contributed by atoms with Gasteiger partial charge in [-0.25, -0.2) is 4.39 Å². The standard InChI is InChI=1S/C8H8ClFN4/c9-6-2-1-5(7(10)3-6)4-13-14-8(11)12/h1-4H,(H4,11,12,14)/b13-4+. The fourth-order valence-corrected chi connectivity index (χ4v) is 0.923. The molecule has 1 aromatic rings. The molecule has 0 atom stereocenters. The molecule has 0 spiro atoms. The maximum Gasteiger partial charge on any atom is 0.211 e. The lowest BCUT2D eigenvalue weighted by molar-refractivity contribution is 0.626. The fourth-order valence-electron chi connectivity index (χ4n) is 0.764. The molecule has 4 nitrogen and oxygen atoms in total. The average Bonchev–Trinajstić information content (AvgIpc) is 2.08. The second-order valence-electron chi connectivity index (χ2n) is 2.44. The quantitative estimate of drug-likeness (QED) is 0.439. The van der Waals surface area contributed by atoms with E-state index in [0.717, 1.165) is 0 Å². The van der Waals surface area contributed by atoms with Crippen LogP contribution in [0.4, 0.5) is 4.39 Å². The molecule has 0 aromatic heterocycles. The van der Waals surface area contributed by atoms with Crippen molar-refractivity contribution >= 4 is 23.8 Å². The van der Waals surface area contributed by atoms with Crippen LogP contribution in [0.3, 0.4) is 0 Å². The number of guanidine groups is 1. The summed E-state index contributed by atoms with van der Waals surface area (Å²) in [5, 5.41) is 7.11. The van der Waals surface area contributed by atoms with E-state index in [1.165, 1.54) is 18.3 Å². The molecule has 0 fully saturated rings. The van der Waals surface area contributed by atoms with Crippen molar-refractivity contribution in [1.29, 1.82) is 0 Å². The van der Waals surface area contributed by atoms with E-state index < -0.39 is 5.82 Å². The molecule has 0 saturated heterocycles. The molecular weight excluding hydrogens is 207 g/mol. The zero-order valence-electron chi connectivity index (χ0n) is 7.11. The molecule has 0 aliphatic heterocycles. The van der Waals surface area contributed by atoms with E-state index in [0.29, 0.717) is 5.02 Å². The summed E-state index contributed by atoms with van der Waals surface area (Å²) in [6.07, 6.45) is 1.20. The minimum atomic E-state index is -0.480. The zero-order valence-corrected chi connectivity index (χ0v) is 7.87. The number of nitrogens with zero attached hydrogens (tertiary/aromatic N) is 2. The summed E-state index contributed by atoms with van der Waals surface area (Å²) < 4.78 is 13.1. The van der Waals surface area contributed by atoms with Gasteiger partial charge in [-0.05, 0) is 18.2 Å². The highest BCUT2D eigenvalue weighted by atomic mass is 35.5. The zero-order chi connectivity index (χ0) is 10.6. The third-order valence-electron chi connectivity index (χ3n) is 1.33. The Bertz CT molecular complexity index is 385. The van der Waals surface area contributed by atoms with Crippen molar-refractivity contribution in [1.82, 2.24) is 0 Å². The van der Waals surface area contributed by atoms with Gasteiger partial charge in [-0.2, -0.15) is 5.10 Å². The first-order valence-electron chi connectivity index (χ1n) is 3.66. The monoisotopic (exact) mass is 214 g/mol. The largest absolute Gasteiger partial charge is 0.369 e. The van der Waals surface area contributed by atoms with Gasteiger partial charge in [0.05, 0.1) is 6.21 Å². The average molecular weight is 215 g/mol. The highest BCUT2D eigenvalue weighted by Gasteiger charge is 1.98. The smallest absolute Gasteiger partial charge is 0.211 e. The first kappa shape index (κ1) is 10.5. The summed E-state index contributed by atoms with van der Waals surface area (Å²) in [7, 11) is 0. The highest BCUT2D eigenvalue weighted by Crippen LogP contribution is 2.12. The van der Waals surface area contributed by atoms with Crippen LogP contribution in [-0.4, -0.2) is 12.2 Å². The van der Waals surface area contributed by atoms with E-state index in [1.54, 1.807) is 6.07 Å². The maximum absolute atomic E-state index is 13.1. The van der Waals surface area contributed by atoms with E-state index in [2.05, 4.69) is 10.2 Å². The van der Waals surface area contributed by atoms with Crippen molar-refractivity contribution in [2.24, 2.45) is 21.7 Å². The minimum absolute atomic E-state index is 0.185. The number of nitrogens with two attached hydrogens (primary N) is 2. The second-order valence-corrected chi connectivity index (χ2v) is 2.87. The molecular formula is C8H8ClFN4. The first-order chi connectivity index (χ1) is 6.59. The lowest BCUT2D eigenvalue weighted by Gasteiger charge is -1.95. The molecule has 0 amide bonds. The summed E-state index contributed by atoms with van der Waals surface area (Å²) in [4.78, 5) is 0. The second kappa shape index (κ2) is 4.57. The van der Waals surface area contributed by atoms with E-state index in [1.807, 2.05) is 0 Å². The highest BCUT2D eigenvalue weighted by molar-refractivity contribution is 6.30. The van der Waals surface area contributed by atoms with Gasteiger partial charge in [0, 0.05) is 10.6 Å². The van der Waals surface area contributed by atoms with E-state index in [4.69, 9.17) is 23.1 Å². The Morgan fingerprint density at radius 3 is 2.71 bits per heavy atom. The van der Waals surface area contributed by atoms with Crippen LogP contribution in [0.1, 0.15) is 5.56 Å². The fraction of sp³-hybridized carbons (Fsp3) is 0. The molecule has 14 heavy (non-hydrogen) atoms. The van der Waals surface area contributed by atoms with Gasteiger partial charge in [0.15, 0.2) is 0 Å². The molecule has 6 heteroatoms. The van der Waals surface area contributed by atoms with Crippen LogP contribution in [0.2, 0.25) is 5.02 Å². The summed E-state index contributed by atoms with van der Waals surface area (Å²) in [5.41, 5.74) is 10.3. The number of halogens is 2. The minimum Gasteiger partial charge on any atom is -0.369 e. The summed E-state index contributed by atoms with van der Waals surface area (Å²) >= 11 is 5.55. The van der Waals surface area contributed by atoms with Crippen LogP contribution in [-0.2, 0) is 0 Å². The SMILES string of the molecule is NC(N)=N/N=C/c1ccc(Cl)cc1F. The van der Waals surface area contributed by atoms with Crippen molar-refractivity contribution in [3.63, 3.8) is 0 Å². The number of hydrogen-bond acceptors (Lipinski definition) is 2. The molecule has 0 saturated carbocycles. The van der Waals surface area contributed by atoms with Crippen molar-refractivity contribution in [2.45, 2.75) is 0 Å². The van der Waals surface area contributed by atoms with Gasteiger partial charge in [-0.3, -0.25) is 0 Å². The van der Waals surface area contributed by atoms with Gasteiger partial charge >= 0.3 is 0 Å². The van der Waals surface area contributed by atoms with Gasteiger partial charge in [0.25, 0.3) is 0 Å². The molecule has 4 N–H and O–H groups in total. The Hall–Kier alpha value is -1.62. The van der Waals surface area contributed by atoms with Gasteiger partial charge < -0.3 is 11.5 Å². The van der Waals surface area contributed by atoms with E-state index in [9.17, 15) is 4.39 Å². The number of rotatable bonds is 2. The third kappa shape index (κ3) is 3.02. The van der Waals surface area contributed by atoms with Gasteiger partial charge in [0.1, 0.15) is 5.82 Å². The molecule has 0 aliphatic rings. The van der Waals surface area contributed by atoms with Gasteiger partial charge in [-0.1, -0.05) is 11.6 Å². The van der Waals surface area contributed by atoms with Crippen LogP contribution in [0.25, 0.3) is 0 Å². The van der Waals surface area contributed by atoms with Crippen LogP contribution < -0.4 is 11.5 Å². The van der Waals surface area contributed by atoms with Crippen molar-refractivity contribution in [2.75, 3.05) is 0 Å². The summed E-state index contributed by atoms with van der Waals surface area (Å²) in [5.74, 6) is -0.664. The number of benzene rings is 1. The molecule has 0 heterocycles. The normalized spacial score (nSPS) is 10.4. The Kier molecular flexibility index (Phi) is 3.41. The van der Waals surface area contributed by atoms with E-state index >= 15 is 0 Å². The predicted octanol–water partition coefficient (Wildman–Crippen LogP) is 1.09.